The lowest BCUT2D eigenvalue weighted by atomic mass is 10.2. The maximum atomic E-state index is 13.8. The molecule has 11 nitrogen and oxygen atoms in total. The standard InChI is InChI=1S/C20H19FN8O3/c1-13-19(29(31)32)14(2)28(24-13)12-26-8-7-18(25-26)20(30)23-16-9-22-27(11-16)10-15-5-3-4-6-17(15)21/h3-9,11H,10,12H2,1-2H3,(H,23,30). The first-order valence-corrected chi connectivity index (χ1v) is 9.61. The molecule has 4 aromatic rings. The van der Waals surface area contributed by atoms with Gasteiger partial charge in [0.05, 0.1) is 23.4 Å². The van der Waals surface area contributed by atoms with E-state index in [0.29, 0.717) is 22.6 Å². The van der Waals surface area contributed by atoms with Gasteiger partial charge in [-0.15, -0.1) is 0 Å². The van der Waals surface area contributed by atoms with Gasteiger partial charge in [0.15, 0.2) is 5.69 Å². The fraction of sp³-hybridized carbons (Fsp3) is 0.200. The zero-order valence-electron chi connectivity index (χ0n) is 17.3. The molecular weight excluding hydrogens is 419 g/mol. The number of anilines is 1. The highest BCUT2D eigenvalue weighted by atomic mass is 19.1. The molecule has 164 valence electrons. The Hall–Kier alpha value is -4.35. The third-order valence-corrected chi connectivity index (χ3v) is 4.86. The van der Waals surface area contributed by atoms with Crippen molar-refractivity contribution >= 4 is 17.3 Å². The maximum absolute atomic E-state index is 13.8. The Bertz CT molecular complexity index is 1310. The Morgan fingerprint density at radius 3 is 2.69 bits per heavy atom. The van der Waals surface area contributed by atoms with Gasteiger partial charge in [0.25, 0.3) is 5.91 Å². The van der Waals surface area contributed by atoms with Crippen LogP contribution in [-0.2, 0) is 13.2 Å². The summed E-state index contributed by atoms with van der Waals surface area (Å²) in [5.41, 5.74) is 1.75. The Labute approximate surface area is 181 Å². The van der Waals surface area contributed by atoms with Gasteiger partial charge < -0.3 is 5.32 Å². The number of carbonyl (C=O) groups excluding carboxylic acids is 1. The summed E-state index contributed by atoms with van der Waals surface area (Å²) in [6.45, 7) is 3.52. The van der Waals surface area contributed by atoms with Gasteiger partial charge in [-0.3, -0.25) is 24.3 Å². The van der Waals surface area contributed by atoms with E-state index in [1.54, 1.807) is 44.4 Å². The van der Waals surface area contributed by atoms with Crippen molar-refractivity contribution < 1.29 is 14.1 Å². The van der Waals surface area contributed by atoms with Crippen LogP contribution in [0.3, 0.4) is 0 Å². The van der Waals surface area contributed by atoms with Crippen LogP contribution in [-0.4, -0.2) is 40.2 Å². The fourth-order valence-electron chi connectivity index (χ4n) is 3.30. The van der Waals surface area contributed by atoms with Crippen molar-refractivity contribution in [2.45, 2.75) is 27.1 Å². The number of amides is 1. The molecule has 0 aliphatic rings. The average Bonchev–Trinajstić information content (AvgIpc) is 3.44. The maximum Gasteiger partial charge on any atom is 0.312 e. The molecule has 1 aromatic carbocycles. The summed E-state index contributed by atoms with van der Waals surface area (Å²) >= 11 is 0. The van der Waals surface area contributed by atoms with Gasteiger partial charge in [0.1, 0.15) is 23.9 Å². The topological polar surface area (TPSA) is 126 Å². The molecule has 0 unspecified atom stereocenters. The summed E-state index contributed by atoms with van der Waals surface area (Å²) in [5.74, 6) is -0.777. The molecule has 12 heteroatoms. The molecule has 0 spiro atoms. The summed E-state index contributed by atoms with van der Waals surface area (Å²) < 4.78 is 18.2. The Morgan fingerprint density at radius 2 is 1.97 bits per heavy atom. The van der Waals surface area contributed by atoms with Crippen molar-refractivity contribution in [1.82, 2.24) is 29.3 Å². The first-order valence-electron chi connectivity index (χ1n) is 9.61. The molecule has 0 atom stereocenters. The van der Waals surface area contributed by atoms with E-state index in [-0.39, 0.29) is 30.4 Å². The third kappa shape index (κ3) is 4.24. The van der Waals surface area contributed by atoms with Crippen LogP contribution in [0.15, 0.2) is 48.9 Å². The molecule has 4 rings (SSSR count). The van der Waals surface area contributed by atoms with Crippen molar-refractivity contribution in [2.75, 3.05) is 5.32 Å². The molecule has 0 aliphatic heterocycles. The van der Waals surface area contributed by atoms with E-state index >= 15 is 0 Å². The predicted octanol–water partition coefficient (Wildman–Crippen LogP) is 2.75. The summed E-state index contributed by atoms with van der Waals surface area (Å²) in [7, 11) is 0. The van der Waals surface area contributed by atoms with Crippen molar-refractivity contribution in [3.05, 3.63) is 87.5 Å². The third-order valence-electron chi connectivity index (χ3n) is 4.86. The van der Waals surface area contributed by atoms with E-state index in [0.717, 1.165) is 0 Å². The van der Waals surface area contributed by atoms with Crippen LogP contribution < -0.4 is 5.32 Å². The number of aromatic nitrogens is 6. The largest absolute Gasteiger partial charge is 0.318 e. The summed E-state index contributed by atoms with van der Waals surface area (Å²) in [6, 6.07) is 7.93. The van der Waals surface area contributed by atoms with E-state index in [9.17, 15) is 19.3 Å². The van der Waals surface area contributed by atoms with Crippen molar-refractivity contribution in [3.63, 3.8) is 0 Å². The highest BCUT2D eigenvalue weighted by molar-refractivity contribution is 6.02. The van der Waals surface area contributed by atoms with Crippen LogP contribution >= 0.6 is 0 Å². The quantitative estimate of drug-likeness (QED) is 0.349. The van der Waals surface area contributed by atoms with Crippen molar-refractivity contribution in [2.24, 2.45) is 0 Å². The number of benzene rings is 1. The molecular formula is C20H19FN8O3. The number of rotatable bonds is 7. The second kappa shape index (κ2) is 8.41. The second-order valence-corrected chi connectivity index (χ2v) is 7.13. The van der Waals surface area contributed by atoms with Crippen LogP contribution in [0.5, 0.6) is 0 Å². The Balaban J connectivity index is 1.42. The van der Waals surface area contributed by atoms with Gasteiger partial charge in [0, 0.05) is 18.0 Å². The molecule has 0 fully saturated rings. The number of carbonyl (C=O) groups is 1. The predicted molar refractivity (Wildman–Crippen MR) is 112 cm³/mol. The number of hydrogen-bond acceptors (Lipinski definition) is 6. The highest BCUT2D eigenvalue weighted by Gasteiger charge is 2.22. The van der Waals surface area contributed by atoms with Gasteiger partial charge in [-0.2, -0.15) is 15.3 Å². The SMILES string of the molecule is Cc1nn(Cn2ccc(C(=O)Nc3cnn(Cc4ccccc4F)c3)n2)c(C)c1[N+](=O)[O-]. The monoisotopic (exact) mass is 438 g/mol. The van der Waals surface area contributed by atoms with Gasteiger partial charge in [-0.1, -0.05) is 18.2 Å². The van der Waals surface area contributed by atoms with E-state index in [1.165, 1.54) is 32.4 Å². The van der Waals surface area contributed by atoms with Crippen molar-refractivity contribution in [1.29, 1.82) is 0 Å². The number of nitro groups is 1. The van der Waals surface area contributed by atoms with Crippen LogP contribution in [0.4, 0.5) is 15.8 Å². The molecule has 1 amide bonds. The van der Waals surface area contributed by atoms with Crippen LogP contribution in [0.25, 0.3) is 0 Å². The molecule has 0 radical (unpaired) electrons. The van der Waals surface area contributed by atoms with E-state index in [1.807, 2.05) is 0 Å². The Kier molecular flexibility index (Phi) is 5.50. The first-order chi connectivity index (χ1) is 15.3. The number of aryl methyl sites for hydroxylation is 1. The summed E-state index contributed by atoms with van der Waals surface area (Å²) in [6.07, 6.45) is 4.64. The first kappa shape index (κ1) is 20.9. The fourth-order valence-corrected chi connectivity index (χ4v) is 3.30. The minimum absolute atomic E-state index is 0.0393. The van der Waals surface area contributed by atoms with Crippen LogP contribution in [0, 0.1) is 29.8 Å². The number of hydrogen-bond donors (Lipinski definition) is 1. The molecule has 0 saturated carbocycles. The second-order valence-electron chi connectivity index (χ2n) is 7.13. The number of nitrogens with zero attached hydrogens (tertiary/aromatic N) is 7. The highest BCUT2D eigenvalue weighted by Crippen LogP contribution is 2.21. The normalized spacial score (nSPS) is 11.0. The molecule has 3 aromatic heterocycles. The van der Waals surface area contributed by atoms with Gasteiger partial charge >= 0.3 is 5.69 Å². The van der Waals surface area contributed by atoms with Gasteiger partial charge in [-0.05, 0) is 26.0 Å². The van der Waals surface area contributed by atoms with Gasteiger partial charge in [-0.25, -0.2) is 9.07 Å². The van der Waals surface area contributed by atoms with Crippen LogP contribution in [0.1, 0.15) is 27.4 Å². The number of nitrogens with one attached hydrogen (secondary N) is 1. The summed E-state index contributed by atoms with van der Waals surface area (Å²) in [5, 5.41) is 26.4. The summed E-state index contributed by atoms with van der Waals surface area (Å²) in [4.78, 5) is 23.2. The molecule has 0 aliphatic carbocycles. The lowest BCUT2D eigenvalue weighted by Crippen LogP contribution is -2.15. The molecule has 1 N–H and O–H groups in total. The molecule has 0 bridgehead atoms. The van der Waals surface area contributed by atoms with Crippen molar-refractivity contribution in [3.8, 4) is 0 Å². The smallest absolute Gasteiger partial charge is 0.312 e. The minimum atomic E-state index is -0.470. The van der Waals surface area contributed by atoms with E-state index in [2.05, 4.69) is 20.6 Å². The van der Waals surface area contributed by atoms with Crippen LogP contribution in [0.2, 0.25) is 0 Å². The van der Waals surface area contributed by atoms with Gasteiger partial charge in [0.2, 0.25) is 0 Å². The molecule has 32 heavy (non-hydrogen) atoms. The number of halogens is 1. The zero-order valence-corrected chi connectivity index (χ0v) is 17.3. The molecule has 0 saturated heterocycles. The average molecular weight is 438 g/mol. The zero-order chi connectivity index (χ0) is 22.8. The van der Waals surface area contributed by atoms with E-state index in [4.69, 9.17) is 0 Å². The minimum Gasteiger partial charge on any atom is -0.318 e. The van der Waals surface area contributed by atoms with E-state index < -0.39 is 10.8 Å². The molecule has 3 heterocycles. The lowest BCUT2D eigenvalue weighted by Gasteiger charge is -2.04. The lowest BCUT2D eigenvalue weighted by molar-refractivity contribution is -0.386. The Morgan fingerprint density at radius 1 is 1.19 bits per heavy atom.